The minimum absolute atomic E-state index is 0.137. The lowest BCUT2D eigenvalue weighted by Gasteiger charge is -2.19. The van der Waals surface area contributed by atoms with Gasteiger partial charge in [0, 0.05) is 5.56 Å². The zero-order chi connectivity index (χ0) is 18.2. The number of phenolic OH excluding ortho intramolecular Hbond substituents is 1. The Morgan fingerprint density at radius 2 is 1.72 bits per heavy atom. The Hall–Kier alpha value is -1.91. The first-order chi connectivity index (χ1) is 11.7. The summed E-state index contributed by atoms with van der Waals surface area (Å²) in [6, 6.07) is 11.7. The van der Waals surface area contributed by atoms with Crippen LogP contribution in [0, 0.1) is 0 Å². The van der Waals surface area contributed by atoms with E-state index in [-0.39, 0.29) is 21.2 Å². The maximum Gasteiger partial charge on any atom is 0.240 e. The molecular weight excluding hydrogens is 359 g/mol. The highest BCUT2D eigenvalue weighted by molar-refractivity contribution is 6.37. The number of aromatic hydroxyl groups is 1. The van der Waals surface area contributed by atoms with E-state index in [1.165, 1.54) is 5.56 Å². The van der Waals surface area contributed by atoms with Crippen molar-refractivity contribution in [2.75, 3.05) is 6.73 Å². The van der Waals surface area contributed by atoms with E-state index in [4.69, 9.17) is 27.9 Å². The molecule has 1 aliphatic heterocycles. The Morgan fingerprint density at radius 1 is 1.12 bits per heavy atom. The number of hydrogen-bond acceptors (Lipinski definition) is 4. The van der Waals surface area contributed by atoms with Gasteiger partial charge in [0.25, 0.3) is 0 Å². The standard InChI is InChI=1S/C19H20Cl2N2O2/c1-19(2,3)14-6-4-12(5-7-14)10-23-11-25-18(22-23)13-8-15(20)17(24)16(21)9-13/h4-9,24H,10-11H2,1-3H3. The smallest absolute Gasteiger partial charge is 0.240 e. The van der Waals surface area contributed by atoms with Gasteiger partial charge < -0.3 is 9.84 Å². The fraction of sp³-hybridized carbons (Fsp3) is 0.316. The molecule has 0 unspecified atom stereocenters. The van der Waals surface area contributed by atoms with Gasteiger partial charge in [-0.1, -0.05) is 68.2 Å². The van der Waals surface area contributed by atoms with Crippen LogP contribution in [-0.2, 0) is 16.7 Å². The molecule has 0 bridgehead atoms. The van der Waals surface area contributed by atoms with Crippen LogP contribution in [0.1, 0.15) is 37.5 Å². The molecule has 132 valence electrons. The van der Waals surface area contributed by atoms with Crippen molar-refractivity contribution in [1.82, 2.24) is 5.01 Å². The number of nitrogens with zero attached hydrogens (tertiary/aromatic N) is 2. The first-order valence-corrected chi connectivity index (χ1v) is 8.74. The third kappa shape index (κ3) is 4.02. The summed E-state index contributed by atoms with van der Waals surface area (Å²) in [4.78, 5) is 0. The van der Waals surface area contributed by atoms with E-state index in [2.05, 4.69) is 50.1 Å². The number of rotatable bonds is 3. The van der Waals surface area contributed by atoms with Crippen LogP contribution in [0.3, 0.4) is 0 Å². The van der Waals surface area contributed by atoms with Gasteiger partial charge in [0.1, 0.15) is 0 Å². The van der Waals surface area contributed by atoms with E-state index in [0.717, 1.165) is 5.56 Å². The Bertz CT molecular complexity index is 788. The van der Waals surface area contributed by atoms with Crippen LogP contribution in [0.2, 0.25) is 10.0 Å². The number of hydrogen-bond donors (Lipinski definition) is 1. The SMILES string of the molecule is CC(C)(C)c1ccc(CN2COC(c3cc(Cl)c(O)c(Cl)c3)=N2)cc1. The van der Waals surface area contributed by atoms with E-state index in [9.17, 15) is 5.11 Å². The van der Waals surface area contributed by atoms with Crippen molar-refractivity contribution in [2.45, 2.75) is 32.7 Å². The van der Waals surface area contributed by atoms with Crippen LogP contribution in [0.5, 0.6) is 5.75 Å². The molecule has 1 N–H and O–H groups in total. The quantitative estimate of drug-likeness (QED) is 0.803. The zero-order valence-electron chi connectivity index (χ0n) is 14.4. The second-order valence-electron chi connectivity index (χ2n) is 7.08. The summed E-state index contributed by atoms with van der Waals surface area (Å²) in [6.45, 7) is 7.59. The highest BCUT2D eigenvalue weighted by Crippen LogP contribution is 2.33. The Morgan fingerprint density at radius 3 is 2.28 bits per heavy atom. The molecule has 0 amide bonds. The minimum Gasteiger partial charge on any atom is -0.505 e. The predicted molar refractivity (Wildman–Crippen MR) is 101 cm³/mol. The zero-order valence-corrected chi connectivity index (χ0v) is 15.9. The molecule has 4 nitrogen and oxygen atoms in total. The van der Waals surface area contributed by atoms with Gasteiger partial charge in [0.05, 0.1) is 16.6 Å². The van der Waals surface area contributed by atoms with Gasteiger partial charge in [0.2, 0.25) is 5.90 Å². The largest absolute Gasteiger partial charge is 0.505 e. The van der Waals surface area contributed by atoms with Gasteiger partial charge in [-0.15, -0.1) is 5.10 Å². The fourth-order valence-electron chi connectivity index (χ4n) is 2.55. The number of ether oxygens (including phenoxy) is 1. The molecule has 1 aliphatic rings. The minimum atomic E-state index is -0.138. The Balaban J connectivity index is 1.74. The van der Waals surface area contributed by atoms with Crippen molar-refractivity contribution in [2.24, 2.45) is 5.10 Å². The molecule has 0 atom stereocenters. The van der Waals surface area contributed by atoms with Gasteiger partial charge in [-0.3, -0.25) is 5.01 Å². The van der Waals surface area contributed by atoms with Crippen LogP contribution in [0.4, 0.5) is 0 Å². The lowest BCUT2D eigenvalue weighted by molar-refractivity contribution is 0.162. The molecule has 3 rings (SSSR count). The fourth-order valence-corrected chi connectivity index (χ4v) is 3.04. The van der Waals surface area contributed by atoms with Crippen molar-refractivity contribution in [3.8, 4) is 5.75 Å². The molecule has 0 spiro atoms. The summed E-state index contributed by atoms with van der Waals surface area (Å²) in [5, 5.41) is 16.3. The lowest BCUT2D eigenvalue weighted by atomic mass is 9.87. The van der Waals surface area contributed by atoms with Crippen molar-refractivity contribution in [1.29, 1.82) is 0 Å². The molecule has 0 aromatic heterocycles. The average molecular weight is 379 g/mol. The van der Waals surface area contributed by atoms with Gasteiger partial charge in [0.15, 0.2) is 12.5 Å². The van der Waals surface area contributed by atoms with Gasteiger partial charge in [-0.05, 0) is 28.7 Å². The van der Waals surface area contributed by atoms with Crippen LogP contribution in [0.25, 0.3) is 0 Å². The van der Waals surface area contributed by atoms with E-state index >= 15 is 0 Å². The van der Waals surface area contributed by atoms with Crippen LogP contribution in [-0.4, -0.2) is 22.7 Å². The summed E-state index contributed by atoms with van der Waals surface area (Å²) in [5.41, 5.74) is 3.23. The second kappa shape index (κ2) is 6.77. The number of benzene rings is 2. The lowest BCUT2D eigenvalue weighted by Crippen LogP contribution is -2.15. The van der Waals surface area contributed by atoms with Gasteiger partial charge in [-0.2, -0.15) is 0 Å². The van der Waals surface area contributed by atoms with E-state index in [0.29, 0.717) is 24.7 Å². The molecule has 0 saturated heterocycles. The summed E-state index contributed by atoms with van der Waals surface area (Å²) in [7, 11) is 0. The van der Waals surface area contributed by atoms with Crippen molar-refractivity contribution >= 4 is 29.1 Å². The first kappa shape index (κ1) is 17.9. The van der Waals surface area contributed by atoms with Gasteiger partial charge in [-0.25, -0.2) is 0 Å². The first-order valence-electron chi connectivity index (χ1n) is 7.98. The molecule has 0 aliphatic carbocycles. The highest BCUT2D eigenvalue weighted by Gasteiger charge is 2.20. The summed E-state index contributed by atoms with van der Waals surface area (Å²) in [6.07, 6.45) is 0. The van der Waals surface area contributed by atoms with Crippen LogP contribution < -0.4 is 0 Å². The van der Waals surface area contributed by atoms with Crippen molar-refractivity contribution in [3.63, 3.8) is 0 Å². The molecule has 6 heteroatoms. The van der Waals surface area contributed by atoms with E-state index in [1.807, 2.05) is 5.01 Å². The molecule has 0 saturated carbocycles. The molecule has 25 heavy (non-hydrogen) atoms. The number of hydrazone groups is 1. The summed E-state index contributed by atoms with van der Waals surface area (Å²) in [5.74, 6) is 0.302. The maximum atomic E-state index is 9.64. The Labute approximate surface area is 157 Å². The highest BCUT2D eigenvalue weighted by atomic mass is 35.5. The maximum absolute atomic E-state index is 9.64. The monoisotopic (exact) mass is 378 g/mol. The summed E-state index contributed by atoms with van der Waals surface area (Å²) < 4.78 is 5.63. The second-order valence-corrected chi connectivity index (χ2v) is 7.89. The Kier molecular flexibility index (Phi) is 4.85. The third-order valence-corrected chi connectivity index (χ3v) is 4.61. The third-order valence-electron chi connectivity index (χ3n) is 4.03. The summed E-state index contributed by atoms with van der Waals surface area (Å²) >= 11 is 11.9. The van der Waals surface area contributed by atoms with Crippen LogP contribution in [0.15, 0.2) is 41.5 Å². The number of halogens is 2. The van der Waals surface area contributed by atoms with Crippen LogP contribution >= 0.6 is 23.2 Å². The molecule has 1 heterocycles. The van der Waals surface area contributed by atoms with Crippen molar-refractivity contribution < 1.29 is 9.84 Å². The molecule has 2 aromatic carbocycles. The van der Waals surface area contributed by atoms with Gasteiger partial charge >= 0.3 is 0 Å². The molecule has 2 aromatic rings. The van der Waals surface area contributed by atoms with E-state index in [1.54, 1.807) is 12.1 Å². The average Bonchev–Trinajstić information content (AvgIpc) is 3.00. The normalized spacial score (nSPS) is 14.4. The molecule has 0 radical (unpaired) electrons. The molecule has 0 fully saturated rings. The van der Waals surface area contributed by atoms with E-state index < -0.39 is 0 Å². The number of phenols is 1. The van der Waals surface area contributed by atoms with Crippen molar-refractivity contribution in [3.05, 3.63) is 63.1 Å². The predicted octanol–water partition coefficient (Wildman–Crippen LogP) is 5.15. The topological polar surface area (TPSA) is 45.1 Å². The molecular formula is C19H20Cl2N2O2.